The first kappa shape index (κ1) is 26.2. The van der Waals surface area contributed by atoms with E-state index in [-0.39, 0.29) is 0 Å². The summed E-state index contributed by atoms with van der Waals surface area (Å²) in [5.74, 6) is 6.28. The highest BCUT2D eigenvalue weighted by Gasteiger charge is 2.59. The lowest BCUT2D eigenvalue weighted by atomic mass is 9.45. The monoisotopic (exact) mass is 419 g/mol. The number of hydrogen-bond donors (Lipinski definition) is 1. The molecule has 178 valence electrons. The minimum atomic E-state index is 0.705. The van der Waals surface area contributed by atoms with Crippen molar-refractivity contribution < 1.29 is 0 Å². The van der Waals surface area contributed by atoms with Gasteiger partial charge in [-0.3, -0.25) is 0 Å². The summed E-state index contributed by atoms with van der Waals surface area (Å²) < 4.78 is 0. The lowest BCUT2D eigenvalue weighted by Gasteiger charge is -2.60. The predicted octanol–water partition coefficient (Wildman–Crippen LogP) is 8.85. The van der Waals surface area contributed by atoms with Crippen LogP contribution in [0.1, 0.15) is 131 Å². The molecule has 4 fully saturated rings. The molecule has 7 unspecified atom stereocenters. The van der Waals surface area contributed by atoms with Gasteiger partial charge < -0.3 is 5.73 Å². The Hall–Kier alpha value is -0.0400. The molecular formula is C29H57N. The zero-order valence-electron chi connectivity index (χ0n) is 21.9. The van der Waals surface area contributed by atoms with Crippen molar-refractivity contribution in [3.8, 4) is 0 Å². The molecule has 0 aromatic carbocycles. The summed E-state index contributed by atoms with van der Waals surface area (Å²) in [5.41, 5.74) is 5.93. The highest BCUT2D eigenvalue weighted by atomic mass is 14.6. The van der Waals surface area contributed by atoms with Crippen LogP contribution in [0.5, 0.6) is 0 Å². The van der Waals surface area contributed by atoms with E-state index < -0.39 is 0 Å². The highest BCUT2D eigenvalue weighted by molar-refractivity contribution is 5.08. The molecule has 0 aromatic rings. The van der Waals surface area contributed by atoms with Crippen LogP contribution in [0.4, 0.5) is 0 Å². The first-order valence-electron chi connectivity index (χ1n) is 14.0. The van der Waals surface area contributed by atoms with E-state index in [0.29, 0.717) is 5.41 Å². The van der Waals surface area contributed by atoms with Gasteiger partial charge in [-0.15, -0.1) is 0 Å². The molecule has 0 spiro atoms. The number of nitrogens with two attached hydrogens (primary N) is 1. The second kappa shape index (κ2) is 11.7. The van der Waals surface area contributed by atoms with E-state index in [9.17, 15) is 0 Å². The topological polar surface area (TPSA) is 26.0 Å². The first-order chi connectivity index (χ1) is 14.4. The molecule has 0 heterocycles. The summed E-state index contributed by atoms with van der Waals surface area (Å²) in [7, 11) is 1.50. The fraction of sp³-hybridized carbons (Fsp3) is 1.00. The molecule has 4 aliphatic rings. The van der Waals surface area contributed by atoms with Gasteiger partial charge in [0.1, 0.15) is 0 Å². The Labute approximate surface area is 190 Å². The minimum Gasteiger partial charge on any atom is -0.333 e. The van der Waals surface area contributed by atoms with E-state index in [1.54, 1.807) is 51.4 Å². The quantitative estimate of drug-likeness (QED) is 0.442. The molecule has 0 aromatic heterocycles. The third kappa shape index (κ3) is 5.13. The fourth-order valence-corrected chi connectivity index (χ4v) is 8.82. The Kier molecular flexibility index (Phi) is 10.2. The van der Waals surface area contributed by atoms with Gasteiger partial charge in [0.15, 0.2) is 0 Å². The standard InChI is InChI=1S/C26H46.C2H6.CH5N/c1-19(2)9-5-6-10-21-13-15-23-22-14-12-20-11-7-8-17-25(20,3)24(22)16-18-26(21,23)4;2*1-2/h19-24H,5-18H2,1-4H3;1-2H3;2H2,1H3. The minimum absolute atomic E-state index is 0.705. The van der Waals surface area contributed by atoms with Crippen molar-refractivity contribution in [1.29, 1.82) is 0 Å². The second-order valence-electron chi connectivity index (χ2n) is 11.9. The van der Waals surface area contributed by atoms with E-state index in [2.05, 4.69) is 33.4 Å². The van der Waals surface area contributed by atoms with Crippen LogP contribution in [-0.4, -0.2) is 7.05 Å². The molecule has 0 aliphatic heterocycles. The zero-order valence-corrected chi connectivity index (χ0v) is 21.9. The Morgan fingerprint density at radius 1 is 0.767 bits per heavy atom. The van der Waals surface area contributed by atoms with Crippen molar-refractivity contribution in [2.75, 3.05) is 7.05 Å². The largest absolute Gasteiger partial charge is 0.333 e. The number of rotatable bonds is 5. The van der Waals surface area contributed by atoms with Gasteiger partial charge in [0, 0.05) is 0 Å². The van der Waals surface area contributed by atoms with Crippen LogP contribution in [0.3, 0.4) is 0 Å². The van der Waals surface area contributed by atoms with Crippen molar-refractivity contribution in [3.05, 3.63) is 0 Å². The molecule has 0 saturated heterocycles. The van der Waals surface area contributed by atoms with Crippen LogP contribution in [0.2, 0.25) is 0 Å². The Bertz CT molecular complexity index is 485. The molecule has 4 aliphatic carbocycles. The predicted molar refractivity (Wildman–Crippen MR) is 135 cm³/mol. The maximum absolute atomic E-state index is 4.50. The maximum Gasteiger partial charge on any atom is -0.0195 e. The van der Waals surface area contributed by atoms with Crippen LogP contribution in [0, 0.1) is 46.3 Å². The second-order valence-corrected chi connectivity index (χ2v) is 11.9. The maximum atomic E-state index is 4.50. The average molecular weight is 420 g/mol. The number of unbranched alkanes of at least 4 members (excludes halogenated alkanes) is 1. The molecule has 1 nitrogen and oxygen atoms in total. The molecule has 0 radical (unpaired) electrons. The van der Waals surface area contributed by atoms with E-state index in [0.717, 1.165) is 40.9 Å². The van der Waals surface area contributed by atoms with Gasteiger partial charge in [-0.1, -0.05) is 73.6 Å². The van der Waals surface area contributed by atoms with Gasteiger partial charge in [0.25, 0.3) is 0 Å². The van der Waals surface area contributed by atoms with Gasteiger partial charge in [-0.05, 0) is 111 Å². The van der Waals surface area contributed by atoms with Crippen LogP contribution < -0.4 is 5.73 Å². The van der Waals surface area contributed by atoms with Crippen LogP contribution in [-0.2, 0) is 0 Å². The van der Waals surface area contributed by atoms with Gasteiger partial charge in [-0.25, -0.2) is 0 Å². The zero-order chi connectivity index (χ0) is 22.4. The average Bonchev–Trinajstić information content (AvgIpc) is 3.10. The lowest BCUT2D eigenvalue weighted by Crippen LogP contribution is -2.52. The third-order valence-corrected chi connectivity index (χ3v) is 10.4. The van der Waals surface area contributed by atoms with Crippen molar-refractivity contribution in [2.24, 2.45) is 52.1 Å². The highest BCUT2D eigenvalue weighted by Crippen LogP contribution is 2.67. The first-order valence-corrected chi connectivity index (χ1v) is 14.0. The summed E-state index contributed by atoms with van der Waals surface area (Å²) >= 11 is 0. The summed E-state index contributed by atoms with van der Waals surface area (Å²) in [4.78, 5) is 0. The Balaban J connectivity index is 0.000000757. The Morgan fingerprint density at radius 3 is 2.17 bits per heavy atom. The van der Waals surface area contributed by atoms with Gasteiger partial charge in [-0.2, -0.15) is 0 Å². The van der Waals surface area contributed by atoms with E-state index in [4.69, 9.17) is 0 Å². The SMILES string of the molecule is CC.CC(C)CCCCC1CCC2C3CCC4CCCCC4(C)C3CCC12C.CN. The summed E-state index contributed by atoms with van der Waals surface area (Å²) in [6, 6.07) is 0. The molecule has 0 amide bonds. The van der Waals surface area contributed by atoms with Gasteiger partial charge in [0.2, 0.25) is 0 Å². The van der Waals surface area contributed by atoms with E-state index in [1.807, 2.05) is 13.8 Å². The lowest BCUT2D eigenvalue weighted by molar-refractivity contribution is -0.111. The van der Waals surface area contributed by atoms with Crippen LogP contribution in [0.25, 0.3) is 0 Å². The molecule has 30 heavy (non-hydrogen) atoms. The van der Waals surface area contributed by atoms with E-state index in [1.165, 1.54) is 45.6 Å². The van der Waals surface area contributed by atoms with Crippen LogP contribution in [0.15, 0.2) is 0 Å². The molecule has 1 heteroatoms. The molecule has 4 saturated carbocycles. The van der Waals surface area contributed by atoms with Crippen molar-refractivity contribution in [2.45, 2.75) is 131 Å². The fourth-order valence-electron chi connectivity index (χ4n) is 8.82. The molecule has 7 atom stereocenters. The number of hydrogen-bond acceptors (Lipinski definition) is 1. The molecule has 2 N–H and O–H groups in total. The number of fused-ring (bicyclic) bond motifs is 5. The van der Waals surface area contributed by atoms with Crippen molar-refractivity contribution in [1.82, 2.24) is 0 Å². The molecule has 4 rings (SSSR count). The summed E-state index contributed by atoms with van der Waals surface area (Å²) in [5, 5.41) is 0. The van der Waals surface area contributed by atoms with Gasteiger partial charge in [0.05, 0.1) is 0 Å². The Morgan fingerprint density at radius 2 is 1.47 bits per heavy atom. The smallest absolute Gasteiger partial charge is 0.0195 e. The molecular weight excluding hydrogens is 362 g/mol. The summed E-state index contributed by atoms with van der Waals surface area (Å²) in [6.45, 7) is 14.2. The third-order valence-electron chi connectivity index (χ3n) is 10.4. The molecule has 0 bridgehead atoms. The summed E-state index contributed by atoms with van der Waals surface area (Å²) in [6.07, 6.45) is 21.6. The van der Waals surface area contributed by atoms with Crippen molar-refractivity contribution in [3.63, 3.8) is 0 Å². The van der Waals surface area contributed by atoms with Gasteiger partial charge >= 0.3 is 0 Å². The normalized spacial score (nSPS) is 42.1. The van der Waals surface area contributed by atoms with Crippen LogP contribution >= 0.6 is 0 Å². The van der Waals surface area contributed by atoms with Crippen molar-refractivity contribution >= 4 is 0 Å². The van der Waals surface area contributed by atoms with E-state index >= 15 is 0 Å².